The minimum atomic E-state index is -0.375. The first-order chi connectivity index (χ1) is 11.0. The van der Waals surface area contributed by atoms with Crippen LogP contribution in [0.15, 0.2) is 54.7 Å². The van der Waals surface area contributed by atoms with Crippen molar-refractivity contribution in [1.82, 2.24) is 5.32 Å². The average Bonchev–Trinajstić information content (AvgIpc) is 2.53. The number of rotatable bonds is 3. The fourth-order valence-electron chi connectivity index (χ4n) is 2.52. The molecule has 0 aromatic heterocycles. The molecule has 0 bridgehead atoms. The highest BCUT2D eigenvalue weighted by Gasteiger charge is 2.29. The van der Waals surface area contributed by atoms with Crippen molar-refractivity contribution in [3.8, 4) is 11.5 Å². The molecular formula is C19H17NO3. The summed E-state index contributed by atoms with van der Waals surface area (Å²) in [5.74, 6) is 0.702. The Kier molecular flexibility index (Phi) is 3.74. The van der Waals surface area contributed by atoms with Crippen LogP contribution in [-0.2, 0) is 0 Å². The van der Waals surface area contributed by atoms with Crippen LogP contribution in [-0.4, -0.2) is 11.7 Å². The Bertz CT molecular complexity index is 821. The zero-order valence-corrected chi connectivity index (χ0v) is 13.1. The molecule has 4 heteroatoms. The van der Waals surface area contributed by atoms with Crippen molar-refractivity contribution in [3.05, 3.63) is 71.4 Å². The number of allylic oxidation sites excluding steroid dienone is 1. The minimum absolute atomic E-state index is 0.0847. The number of ether oxygens (including phenoxy) is 1. The Balaban J connectivity index is 2.02. The first-order valence-corrected chi connectivity index (χ1v) is 7.43. The molecule has 2 aromatic carbocycles. The van der Waals surface area contributed by atoms with Gasteiger partial charge in [-0.25, -0.2) is 0 Å². The number of fused-ring (bicyclic) bond motifs is 1. The molecule has 0 spiro atoms. The monoisotopic (exact) mass is 307 g/mol. The Morgan fingerprint density at radius 2 is 1.83 bits per heavy atom. The van der Waals surface area contributed by atoms with E-state index in [1.165, 1.54) is 0 Å². The molecule has 1 aliphatic rings. The summed E-state index contributed by atoms with van der Waals surface area (Å²) < 4.78 is 5.88. The number of nitrogens with one attached hydrogen (secondary N) is 1. The van der Waals surface area contributed by atoms with Gasteiger partial charge in [-0.15, -0.1) is 0 Å². The molecule has 0 saturated heterocycles. The van der Waals surface area contributed by atoms with E-state index in [1.54, 1.807) is 18.2 Å². The van der Waals surface area contributed by atoms with Crippen LogP contribution in [0.3, 0.4) is 0 Å². The number of hydrogen-bond donors (Lipinski definition) is 1. The fourth-order valence-corrected chi connectivity index (χ4v) is 2.52. The second-order valence-electron chi connectivity index (χ2n) is 5.77. The van der Waals surface area contributed by atoms with Crippen LogP contribution in [0, 0.1) is 0 Å². The Morgan fingerprint density at radius 3 is 2.57 bits per heavy atom. The van der Waals surface area contributed by atoms with Crippen molar-refractivity contribution >= 4 is 11.7 Å². The molecular weight excluding hydrogens is 290 g/mol. The first-order valence-electron chi connectivity index (χ1n) is 7.43. The van der Waals surface area contributed by atoms with Crippen LogP contribution in [0.1, 0.15) is 46.0 Å². The highest BCUT2D eigenvalue weighted by Crippen LogP contribution is 2.32. The Labute approximate surface area is 134 Å². The average molecular weight is 307 g/mol. The van der Waals surface area contributed by atoms with Crippen molar-refractivity contribution in [1.29, 1.82) is 0 Å². The summed E-state index contributed by atoms with van der Waals surface area (Å²) in [4.78, 5) is 24.4. The fraction of sp³-hybridized carbons (Fsp3) is 0.158. The van der Waals surface area contributed by atoms with Crippen molar-refractivity contribution in [2.45, 2.75) is 19.8 Å². The molecule has 116 valence electrons. The predicted octanol–water partition coefficient (Wildman–Crippen LogP) is 4.04. The van der Waals surface area contributed by atoms with Gasteiger partial charge in [0.25, 0.3) is 5.91 Å². The molecule has 4 nitrogen and oxygen atoms in total. The van der Waals surface area contributed by atoms with E-state index in [-0.39, 0.29) is 23.0 Å². The predicted molar refractivity (Wildman–Crippen MR) is 88.0 cm³/mol. The molecule has 1 N–H and O–H groups in total. The summed E-state index contributed by atoms with van der Waals surface area (Å²) in [5, 5.41) is 2.48. The van der Waals surface area contributed by atoms with Crippen LogP contribution in [0.2, 0.25) is 0 Å². The van der Waals surface area contributed by atoms with Crippen molar-refractivity contribution in [2.24, 2.45) is 0 Å². The van der Waals surface area contributed by atoms with Gasteiger partial charge in [0.15, 0.2) is 0 Å². The second-order valence-corrected chi connectivity index (χ2v) is 5.77. The molecule has 1 aliphatic heterocycles. The van der Waals surface area contributed by atoms with Gasteiger partial charge >= 0.3 is 0 Å². The molecule has 0 aliphatic carbocycles. The van der Waals surface area contributed by atoms with Gasteiger partial charge in [-0.1, -0.05) is 38.6 Å². The van der Waals surface area contributed by atoms with E-state index in [0.717, 1.165) is 5.56 Å². The molecule has 23 heavy (non-hydrogen) atoms. The van der Waals surface area contributed by atoms with Crippen LogP contribution in [0.4, 0.5) is 0 Å². The van der Waals surface area contributed by atoms with E-state index in [4.69, 9.17) is 4.74 Å². The highest BCUT2D eigenvalue weighted by atomic mass is 16.5. The smallest absolute Gasteiger partial charge is 0.260 e. The van der Waals surface area contributed by atoms with Gasteiger partial charge in [0.1, 0.15) is 11.5 Å². The number of ketones is 1. The van der Waals surface area contributed by atoms with E-state index in [2.05, 4.69) is 25.7 Å². The van der Waals surface area contributed by atoms with E-state index in [9.17, 15) is 9.59 Å². The van der Waals surface area contributed by atoms with Gasteiger partial charge in [0.2, 0.25) is 5.78 Å². The summed E-state index contributed by atoms with van der Waals surface area (Å²) in [6.45, 7) is 7.76. The van der Waals surface area contributed by atoms with Gasteiger partial charge in [-0.2, -0.15) is 0 Å². The number of carbonyl (C=O) groups excluding carboxylic acids is 2. The number of carbonyl (C=O) groups is 2. The molecule has 3 rings (SSSR count). The zero-order chi connectivity index (χ0) is 16.6. The lowest BCUT2D eigenvalue weighted by atomic mass is 9.96. The maximum Gasteiger partial charge on any atom is 0.260 e. The van der Waals surface area contributed by atoms with Gasteiger partial charge in [-0.05, 0) is 35.7 Å². The molecule has 1 heterocycles. The molecule has 0 fully saturated rings. The number of amides is 1. The van der Waals surface area contributed by atoms with Gasteiger partial charge in [0.05, 0.1) is 11.3 Å². The Hall–Kier alpha value is -2.88. The summed E-state index contributed by atoms with van der Waals surface area (Å²) in [7, 11) is 0. The molecule has 0 radical (unpaired) electrons. The lowest BCUT2D eigenvalue weighted by Gasteiger charge is -2.20. The summed E-state index contributed by atoms with van der Waals surface area (Å²) in [5.41, 5.74) is 1.79. The van der Waals surface area contributed by atoms with Crippen LogP contribution in [0.25, 0.3) is 0 Å². The largest absolute Gasteiger partial charge is 0.457 e. The SMILES string of the molecule is C=C1NC(=O)c2c(Oc3cccc(C(C)C)c3)cccc2C1=O. The topological polar surface area (TPSA) is 55.4 Å². The first kappa shape index (κ1) is 15.0. The van der Waals surface area contributed by atoms with Gasteiger partial charge in [0, 0.05) is 5.56 Å². The highest BCUT2D eigenvalue weighted by molar-refractivity contribution is 6.21. The lowest BCUT2D eigenvalue weighted by molar-refractivity contribution is 0.0907. The minimum Gasteiger partial charge on any atom is -0.457 e. The number of benzene rings is 2. The Morgan fingerprint density at radius 1 is 1.09 bits per heavy atom. The van der Waals surface area contributed by atoms with E-state index >= 15 is 0 Å². The normalized spacial score (nSPS) is 13.8. The maximum atomic E-state index is 12.2. The third-order valence-electron chi connectivity index (χ3n) is 3.79. The third kappa shape index (κ3) is 2.75. The molecule has 0 atom stereocenters. The lowest BCUT2D eigenvalue weighted by Crippen LogP contribution is -2.34. The number of hydrogen-bond acceptors (Lipinski definition) is 3. The molecule has 2 aromatic rings. The van der Waals surface area contributed by atoms with Crippen molar-refractivity contribution in [3.63, 3.8) is 0 Å². The molecule has 0 saturated carbocycles. The van der Waals surface area contributed by atoms with Crippen molar-refractivity contribution < 1.29 is 14.3 Å². The number of Topliss-reactive ketones (excluding diaryl/α,β-unsaturated/α-hetero) is 1. The second kappa shape index (κ2) is 5.72. The standard InChI is InChI=1S/C19H17NO3/c1-11(2)13-6-4-7-14(10-13)23-16-9-5-8-15-17(16)19(22)20-12(3)18(15)21/h4-11H,3H2,1-2H3,(H,20,22). The van der Waals surface area contributed by atoms with Crippen LogP contribution >= 0.6 is 0 Å². The van der Waals surface area contributed by atoms with Crippen LogP contribution < -0.4 is 10.1 Å². The van der Waals surface area contributed by atoms with Gasteiger partial charge in [-0.3, -0.25) is 9.59 Å². The summed E-state index contributed by atoms with van der Waals surface area (Å²) >= 11 is 0. The molecule has 0 unspecified atom stereocenters. The van der Waals surface area contributed by atoms with E-state index in [1.807, 2.05) is 24.3 Å². The molecule has 1 amide bonds. The van der Waals surface area contributed by atoms with Crippen molar-refractivity contribution in [2.75, 3.05) is 0 Å². The van der Waals surface area contributed by atoms with E-state index in [0.29, 0.717) is 23.0 Å². The third-order valence-corrected chi connectivity index (χ3v) is 3.79. The van der Waals surface area contributed by atoms with Gasteiger partial charge < -0.3 is 10.1 Å². The maximum absolute atomic E-state index is 12.2. The van der Waals surface area contributed by atoms with Crippen LogP contribution in [0.5, 0.6) is 11.5 Å². The zero-order valence-electron chi connectivity index (χ0n) is 13.1. The van der Waals surface area contributed by atoms with E-state index < -0.39 is 0 Å². The quantitative estimate of drug-likeness (QED) is 0.871. The summed E-state index contributed by atoms with van der Waals surface area (Å²) in [6, 6.07) is 12.7. The summed E-state index contributed by atoms with van der Waals surface area (Å²) in [6.07, 6.45) is 0.